The summed E-state index contributed by atoms with van der Waals surface area (Å²) in [6.45, 7) is 13.5. The van der Waals surface area contributed by atoms with Crippen LogP contribution in [0.1, 0.15) is 31.9 Å². The van der Waals surface area contributed by atoms with Crippen molar-refractivity contribution < 1.29 is 4.43 Å². The number of benzene rings is 2. The van der Waals surface area contributed by atoms with Crippen LogP contribution in [0.5, 0.6) is 5.75 Å². The Bertz CT molecular complexity index is 954. The van der Waals surface area contributed by atoms with E-state index in [1.165, 1.54) is 27.7 Å². The van der Waals surface area contributed by atoms with E-state index in [4.69, 9.17) is 4.43 Å². The van der Waals surface area contributed by atoms with Crippen LogP contribution in [0.15, 0.2) is 48.7 Å². The molecule has 2 aromatic carbocycles. The van der Waals surface area contributed by atoms with Gasteiger partial charge in [-0.25, -0.2) is 0 Å². The molecule has 1 aliphatic heterocycles. The first-order chi connectivity index (χ1) is 12.8. The summed E-state index contributed by atoms with van der Waals surface area (Å²) in [6, 6.07) is 15.1. The Morgan fingerprint density at radius 2 is 1.81 bits per heavy atom. The number of rotatable bonds is 4. The van der Waals surface area contributed by atoms with Crippen molar-refractivity contribution in [2.24, 2.45) is 0 Å². The van der Waals surface area contributed by atoms with Crippen molar-refractivity contribution in [2.75, 3.05) is 11.4 Å². The molecular formula is C23H30N2OSi. The molecule has 1 N–H and O–H groups in total. The number of hydrogen-bond donors (Lipinski definition) is 1. The minimum Gasteiger partial charge on any atom is -0.542 e. The Kier molecular flexibility index (Phi) is 4.34. The summed E-state index contributed by atoms with van der Waals surface area (Å²) in [5.41, 5.74) is 5.22. The quantitative estimate of drug-likeness (QED) is 0.554. The fourth-order valence-electron chi connectivity index (χ4n) is 3.61. The molecule has 2 heterocycles. The van der Waals surface area contributed by atoms with E-state index in [1.54, 1.807) is 0 Å². The van der Waals surface area contributed by atoms with Gasteiger partial charge in [-0.15, -0.1) is 0 Å². The SMILES string of the molecule is CC(C)(C)[Si](C)(C)Oc1ccc2[nH]cc3c2c1N(Cc1ccccc1)CC3. The molecule has 0 atom stereocenters. The largest absolute Gasteiger partial charge is 0.542 e. The topological polar surface area (TPSA) is 28.3 Å². The van der Waals surface area contributed by atoms with Gasteiger partial charge in [-0.3, -0.25) is 0 Å². The Hall–Kier alpha value is -2.20. The van der Waals surface area contributed by atoms with Gasteiger partial charge in [0.05, 0.1) is 5.69 Å². The van der Waals surface area contributed by atoms with Gasteiger partial charge in [-0.2, -0.15) is 0 Å². The van der Waals surface area contributed by atoms with Gasteiger partial charge >= 0.3 is 0 Å². The number of nitrogens with zero attached hydrogens (tertiary/aromatic N) is 1. The van der Waals surface area contributed by atoms with Gasteiger partial charge in [-0.05, 0) is 47.8 Å². The number of H-pyrrole nitrogens is 1. The lowest BCUT2D eigenvalue weighted by Gasteiger charge is -2.39. The van der Waals surface area contributed by atoms with Crippen molar-refractivity contribution in [1.29, 1.82) is 0 Å². The highest BCUT2D eigenvalue weighted by molar-refractivity contribution is 6.74. The average molecular weight is 379 g/mol. The number of aromatic nitrogens is 1. The van der Waals surface area contributed by atoms with E-state index in [1.807, 2.05) is 0 Å². The molecule has 27 heavy (non-hydrogen) atoms. The fourth-order valence-corrected chi connectivity index (χ4v) is 4.63. The standard InChI is InChI=1S/C23H30N2OSi/c1-23(2,3)27(4,5)26-20-12-11-19-21-18(15-24-19)13-14-25(22(20)21)16-17-9-7-6-8-10-17/h6-12,15,24H,13-14,16H2,1-5H3. The van der Waals surface area contributed by atoms with Crippen LogP contribution in [0.2, 0.25) is 18.1 Å². The summed E-state index contributed by atoms with van der Waals surface area (Å²) in [7, 11) is -1.91. The van der Waals surface area contributed by atoms with E-state index in [2.05, 4.69) is 92.4 Å². The Balaban J connectivity index is 1.80. The lowest BCUT2D eigenvalue weighted by molar-refractivity contribution is 0.491. The third kappa shape index (κ3) is 3.27. The first-order valence-electron chi connectivity index (χ1n) is 9.87. The van der Waals surface area contributed by atoms with Crippen molar-refractivity contribution in [3.05, 3.63) is 59.8 Å². The van der Waals surface area contributed by atoms with Crippen LogP contribution >= 0.6 is 0 Å². The smallest absolute Gasteiger partial charge is 0.250 e. The van der Waals surface area contributed by atoms with E-state index >= 15 is 0 Å². The van der Waals surface area contributed by atoms with Gasteiger partial charge in [0.2, 0.25) is 0 Å². The molecule has 1 aromatic heterocycles. The van der Waals surface area contributed by atoms with Crippen molar-refractivity contribution >= 4 is 24.9 Å². The van der Waals surface area contributed by atoms with Crippen LogP contribution < -0.4 is 9.33 Å². The predicted octanol–water partition coefficient (Wildman–Crippen LogP) is 6.11. The Morgan fingerprint density at radius 3 is 2.52 bits per heavy atom. The molecule has 3 aromatic rings. The first-order valence-corrected chi connectivity index (χ1v) is 12.8. The number of hydrogen-bond acceptors (Lipinski definition) is 2. The third-order valence-corrected chi connectivity index (χ3v) is 10.6. The van der Waals surface area contributed by atoms with Crippen LogP contribution in [0.4, 0.5) is 5.69 Å². The maximum Gasteiger partial charge on any atom is 0.250 e. The van der Waals surface area contributed by atoms with Crippen LogP contribution in [0, 0.1) is 0 Å². The van der Waals surface area contributed by atoms with E-state index in [0.29, 0.717) is 0 Å². The Labute approximate surface area is 163 Å². The van der Waals surface area contributed by atoms with Gasteiger partial charge in [0.1, 0.15) is 5.75 Å². The second-order valence-corrected chi connectivity index (χ2v) is 13.9. The summed E-state index contributed by atoms with van der Waals surface area (Å²) >= 11 is 0. The van der Waals surface area contributed by atoms with Gasteiger partial charge in [-0.1, -0.05) is 51.1 Å². The van der Waals surface area contributed by atoms with Crippen molar-refractivity contribution in [3.8, 4) is 5.75 Å². The van der Waals surface area contributed by atoms with Crippen molar-refractivity contribution in [2.45, 2.75) is 51.9 Å². The highest BCUT2D eigenvalue weighted by atomic mass is 28.4. The summed E-state index contributed by atoms with van der Waals surface area (Å²) < 4.78 is 6.81. The maximum atomic E-state index is 6.81. The summed E-state index contributed by atoms with van der Waals surface area (Å²) in [4.78, 5) is 5.95. The molecule has 4 rings (SSSR count). The van der Waals surface area contributed by atoms with Crippen LogP contribution in [-0.2, 0) is 13.0 Å². The molecule has 0 unspecified atom stereocenters. The average Bonchev–Trinajstić information content (AvgIpc) is 3.03. The van der Waals surface area contributed by atoms with E-state index in [-0.39, 0.29) is 5.04 Å². The predicted molar refractivity (Wildman–Crippen MR) is 117 cm³/mol. The van der Waals surface area contributed by atoms with Gasteiger partial charge in [0.25, 0.3) is 8.32 Å². The molecule has 0 saturated carbocycles. The molecule has 0 saturated heterocycles. The summed E-state index contributed by atoms with van der Waals surface area (Å²) in [5.74, 6) is 1.05. The normalized spacial score (nSPS) is 14.6. The number of aromatic amines is 1. The Morgan fingerprint density at radius 1 is 1.07 bits per heavy atom. The second kappa shape index (κ2) is 6.45. The van der Waals surface area contributed by atoms with E-state index < -0.39 is 8.32 Å². The van der Waals surface area contributed by atoms with Crippen LogP contribution in [-0.4, -0.2) is 19.8 Å². The molecule has 0 aliphatic carbocycles. The fraction of sp³-hybridized carbons (Fsp3) is 0.391. The molecule has 0 bridgehead atoms. The molecule has 0 spiro atoms. The van der Waals surface area contributed by atoms with Crippen LogP contribution in [0.3, 0.4) is 0 Å². The summed E-state index contributed by atoms with van der Waals surface area (Å²) in [5, 5.41) is 1.52. The zero-order chi connectivity index (χ0) is 19.2. The van der Waals surface area contributed by atoms with E-state index in [9.17, 15) is 0 Å². The molecule has 0 fully saturated rings. The molecule has 3 nitrogen and oxygen atoms in total. The second-order valence-electron chi connectivity index (χ2n) is 9.17. The van der Waals surface area contributed by atoms with Gasteiger partial charge in [0.15, 0.2) is 0 Å². The maximum absolute atomic E-state index is 6.81. The van der Waals surface area contributed by atoms with E-state index in [0.717, 1.165) is 25.3 Å². The zero-order valence-corrected chi connectivity index (χ0v) is 18.1. The molecule has 1 aliphatic rings. The lowest BCUT2D eigenvalue weighted by atomic mass is 10.0. The van der Waals surface area contributed by atoms with Crippen molar-refractivity contribution in [1.82, 2.24) is 4.98 Å². The molecular weight excluding hydrogens is 348 g/mol. The van der Waals surface area contributed by atoms with Gasteiger partial charge < -0.3 is 14.3 Å². The molecule has 142 valence electrons. The first kappa shape index (κ1) is 18.2. The monoisotopic (exact) mass is 378 g/mol. The minimum atomic E-state index is -1.91. The van der Waals surface area contributed by atoms with Gasteiger partial charge in [0, 0.05) is 30.2 Å². The van der Waals surface area contributed by atoms with Crippen molar-refractivity contribution in [3.63, 3.8) is 0 Å². The summed E-state index contributed by atoms with van der Waals surface area (Å²) in [6.07, 6.45) is 3.24. The molecule has 0 amide bonds. The highest BCUT2D eigenvalue weighted by Crippen LogP contribution is 2.45. The minimum absolute atomic E-state index is 0.175. The number of nitrogens with one attached hydrogen (secondary N) is 1. The zero-order valence-electron chi connectivity index (χ0n) is 17.1. The van der Waals surface area contributed by atoms with Crippen LogP contribution in [0.25, 0.3) is 10.9 Å². The number of anilines is 1. The molecule has 0 radical (unpaired) electrons. The molecule has 4 heteroatoms. The third-order valence-electron chi connectivity index (χ3n) is 6.22. The highest BCUT2D eigenvalue weighted by Gasteiger charge is 2.40. The lowest BCUT2D eigenvalue weighted by Crippen LogP contribution is -2.44.